The Morgan fingerprint density at radius 3 is 2.28 bits per heavy atom. The molecule has 2 atom stereocenters. The minimum absolute atomic E-state index is 0.0536. The summed E-state index contributed by atoms with van der Waals surface area (Å²) in [6, 6.07) is 9.03. The highest BCUT2D eigenvalue weighted by atomic mass is 35.5. The third-order valence-corrected chi connectivity index (χ3v) is 8.26. The molecule has 2 unspecified atom stereocenters. The summed E-state index contributed by atoms with van der Waals surface area (Å²) in [4.78, 5) is 48.2. The van der Waals surface area contributed by atoms with Crippen molar-refractivity contribution < 1.29 is 14.4 Å². The van der Waals surface area contributed by atoms with Gasteiger partial charge in [-0.05, 0) is 56.0 Å². The van der Waals surface area contributed by atoms with Crippen LogP contribution in [0.15, 0.2) is 36.5 Å². The second kappa shape index (κ2) is 11.2. The van der Waals surface area contributed by atoms with Crippen LogP contribution in [0.1, 0.15) is 53.7 Å². The van der Waals surface area contributed by atoms with Crippen LogP contribution in [0.4, 0.5) is 0 Å². The predicted octanol–water partition coefficient (Wildman–Crippen LogP) is 4.41. The summed E-state index contributed by atoms with van der Waals surface area (Å²) in [6.07, 6.45) is 3.60. The first-order valence-electron chi connectivity index (χ1n) is 12.3. The third-order valence-electron chi connectivity index (χ3n) is 7.53. The number of likely N-dealkylation sites (N-methyl/N-ethyl adjacent to an activating group) is 1. The Bertz CT molecular complexity index is 1130. The fraction of sp³-hybridized carbons (Fsp3) is 0.481. The first kappa shape index (κ1) is 26.4. The Labute approximate surface area is 222 Å². The van der Waals surface area contributed by atoms with Gasteiger partial charge in [0.2, 0.25) is 11.8 Å². The summed E-state index contributed by atoms with van der Waals surface area (Å²) in [6.45, 7) is 5.73. The fourth-order valence-electron chi connectivity index (χ4n) is 5.32. The number of hydrogen-bond donors (Lipinski definition) is 0. The maximum absolute atomic E-state index is 13.5. The molecule has 0 saturated carbocycles. The number of pyridine rings is 1. The maximum atomic E-state index is 13.5. The minimum atomic E-state index is -0.125. The number of aromatic nitrogens is 1. The Hall–Kier alpha value is -2.64. The lowest BCUT2D eigenvalue weighted by atomic mass is 9.83. The van der Waals surface area contributed by atoms with Crippen LogP contribution in [0.3, 0.4) is 0 Å². The first-order chi connectivity index (χ1) is 17.2. The van der Waals surface area contributed by atoms with Gasteiger partial charge in [0.05, 0.1) is 15.6 Å². The second-order valence-electron chi connectivity index (χ2n) is 9.80. The van der Waals surface area contributed by atoms with E-state index in [2.05, 4.69) is 4.98 Å². The molecule has 0 spiro atoms. The number of piperidine rings is 2. The van der Waals surface area contributed by atoms with Crippen LogP contribution in [0.2, 0.25) is 10.0 Å². The summed E-state index contributed by atoms with van der Waals surface area (Å²) in [5.74, 6) is -0.142. The van der Waals surface area contributed by atoms with E-state index >= 15 is 0 Å². The average molecular weight is 531 g/mol. The topological polar surface area (TPSA) is 73.8 Å². The largest absolute Gasteiger partial charge is 0.343 e. The lowest BCUT2D eigenvalue weighted by Crippen LogP contribution is -2.53. The summed E-state index contributed by atoms with van der Waals surface area (Å²) >= 11 is 12.5. The molecule has 2 aliphatic heterocycles. The molecule has 1 aromatic heterocycles. The van der Waals surface area contributed by atoms with Gasteiger partial charge in [-0.2, -0.15) is 0 Å². The number of benzene rings is 1. The van der Waals surface area contributed by atoms with Crippen molar-refractivity contribution in [1.29, 1.82) is 0 Å². The van der Waals surface area contributed by atoms with Gasteiger partial charge in [-0.15, -0.1) is 0 Å². The van der Waals surface area contributed by atoms with Crippen molar-refractivity contribution in [2.45, 2.75) is 45.1 Å². The molecule has 0 bridgehead atoms. The molecule has 2 fully saturated rings. The third kappa shape index (κ3) is 5.68. The normalized spacial score (nSPS) is 20.8. The molecule has 0 aliphatic carbocycles. The van der Waals surface area contributed by atoms with Crippen LogP contribution in [0, 0.1) is 12.8 Å². The van der Waals surface area contributed by atoms with Gasteiger partial charge in [0, 0.05) is 69.9 Å². The molecule has 3 heterocycles. The summed E-state index contributed by atoms with van der Waals surface area (Å²) in [7, 11) is 1.81. The van der Waals surface area contributed by atoms with E-state index in [4.69, 9.17) is 23.2 Å². The molecule has 192 valence electrons. The minimum Gasteiger partial charge on any atom is -0.343 e. The molecule has 4 rings (SSSR count). The highest BCUT2D eigenvalue weighted by Crippen LogP contribution is 2.35. The number of amides is 3. The average Bonchev–Trinajstić information content (AvgIpc) is 2.89. The second-order valence-corrected chi connectivity index (χ2v) is 10.6. The lowest BCUT2D eigenvalue weighted by Gasteiger charge is -2.44. The van der Waals surface area contributed by atoms with Gasteiger partial charge >= 0.3 is 0 Å². The van der Waals surface area contributed by atoms with Crippen molar-refractivity contribution in [1.82, 2.24) is 19.7 Å². The van der Waals surface area contributed by atoms with E-state index in [0.29, 0.717) is 61.1 Å². The van der Waals surface area contributed by atoms with Gasteiger partial charge in [-0.25, -0.2) is 0 Å². The predicted molar refractivity (Wildman–Crippen MR) is 140 cm³/mol. The van der Waals surface area contributed by atoms with Crippen molar-refractivity contribution in [3.63, 3.8) is 0 Å². The number of hydrogen-bond acceptors (Lipinski definition) is 4. The number of nitrogens with zero attached hydrogens (tertiary/aromatic N) is 4. The summed E-state index contributed by atoms with van der Waals surface area (Å²) in [5, 5.41) is 0.915. The Kier molecular flexibility index (Phi) is 8.20. The van der Waals surface area contributed by atoms with Crippen LogP contribution < -0.4 is 0 Å². The summed E-state index contributed by atoms with van der Waals surface area (Å²) < 4.78 is 0. The number of rotatable bonds is 4. The van der Waals surface area contributed by atoms with E-state index in [1.165, 1.54) is 0 Å². The zero-order valence-electron chi connectivity index (χ0n) is 20.9. The van der Waals surface area contributed by atoms with Gasteiger partial charge in [-0.3, -0.25) is 19.4 Å². The fourth-order valence-corrected chi connectivity index (χ4v) is 5.63. The van der Waals surface area contributed by atoms with Gasteiger partial charge in [0.25, 0.3) is 5.91 Å². The SMILES string of the molecule is CC(=O)N1CCC(C(=O)N2CCC(N(C)C(=O)c3ccc(C)nc3)C(c3ccc(Cl)c(Cl)c3)C2)CC1. The number of carbonyl (C=O) groups is 3. The van der Waals surface area contributed by atoms with E-state index in [1.54, 1.807) is 35.1 Å². The Morgan fingerprint density at radius 1 is 0.972 bits per heavy atom. The number of likely N-dealkylation sites (tertiary alicyclic amines) is 2. The lowest BCUT2D eigenvalue weighted by molar-refractivity contribution is -0.141. The van der Waals surface area contributed by atoms with Crippen LogP contribution in [-0.4, -0.2) is 76.7 Å². The van der Waals surface area contributed by atoms with Gasteiger partial charge < -0.3 is 14.7 Å². The van der Waals surface area contributed by atoms with E-state index in [1.807, 2.05) is 37.1 Å². The van der Waals surface area contributed by atoms with Crippen LogP contribution in [0.25, 0.3) is 0 Å². The summed E-state index contributed by atoms with van der Waals surface area (Å²) in [5.41, 5.74) is 2.33. The van der Waals surface area contributed by atoms with Gasteiger partial charge in [0.15, 0.2) is 0 Å². The van der Waals surface area contributed by atoms with Crippen molar-refractivity contribution in [2.75, 3.05) is 33.2 Å². The van der Waals surface area contributed by atoms with Crippen LogP contribution in [0.5, 0.6) is 0 Å². The Balaban J connectivity index is 1.55. The van der Waals surface area contributed by atoms with Gasteiger partial charge in [-0.1, -0.05) is 29.3 Å². The molecule has 0 radical (unpaired) electrons. The molecule has 2 aliphatic rings. The van der Waals surface area contributed by atoms with Crippen molar-refractivity contribution in [3.05, 3.63) is 63.4 Å². The Morgan fingerprint density at radius 2 is 1.67 bits per heavy atom. The highest BCUT2D eigenvalue weighted by Gasteiger charge is 2.39. The maximum Gasteiger partial charge on any atom is 0.255 e. The van der Waals surface area contributed by atoms with E-state index in [-0.39, 0.29) is 35.6 Å². The molecular formula is C27H32Cl2N4O3. The molecule has 3 amide bonds. The number of carbonyl (C=O) groups excluding carboxylic acids is 3. The molecular weight excluding hydrogens is 499 g/mol. The molecule has 36 heavy (non-hydrogen) atoms. The van der Waals surface area contributed by atoms with Crippen molar-refractivity contribution >= 4 is 40.9 Å². The smallest absolute Gasteiger partial charge is 0.255 e. The molecule has 1 aromatic carbocycles. The van der Waals surface area contributed by atoms with Crippen LogP contribution >= 0.6 is 23.2 Å². The molecule has 9 heteroatoms. The quantitative estimate of drug-likeness (QED) is 0.586. The standard InChI is InChI=1S/C27H32Cl2N4O3/c1-17-4-5-21(15-30-17)26(35)31(3)25-10-13-33(16-22(25)20-6-7-23(28)24(29)14-20)27(36)19-8-11-32(12-9-19)18(2)34/h4-7,14-15,19,22,25H,8-13,16H2,1-3H3. The monoisotopic (exact) mass is 530 g/mol. The van der Waals surface area contributed by atoms with E-state index < -0.39 is 0 Å². The van der Waals surface area contributed by atoms with Crippen molar-refractivity contribution in [3.8, 4) is 0 Å². The zero-order chi connectivity index (χ0) is 26.0. The first-order valence-corrected chi connectivity index (χ1v) is 13.1. The van der Waals surface area contributed by atoms with Crippen molar-refractivity contribution in [2.24, 2.45) is 5.92 Å². The van der Waals surface area contributed by atoms with E-state index in [0.717, 1.165) is 11.3 Å². The molecule has 2 aromatic rings. The highest BCUT2D eigenvalue weighted by molar-refractivity contribution is 6.42. The molecule has 7 nitrogen and oxygen atoms in total. The zero-order valence-corrected chi connectivity index (χ0v) is 22.4. The van der Waals surface area contributed by atoms with Gasteiger partial charge in [0.1, 0.15) is 0 Å². The van der Waals surface area contributed by atoms with Crippen LogP contribution in [-0.2, 0) is 9.59 Å². The van der Waals surface area contributed by atoms with E-state index in [9.17, 15) is 14.4 Å². The molecule has 0 N–H and O–H groups in total. The number of halogens is 2. The number of aryl methyl sites for hydroxylation is 1. The molecule has 2 saturated heterocycles.